The molecular formula is C6H7NO2S. The zero-order valence-corrected chi connectivity index (χ0v) is 6.31. The second-order valence-corrected chi connectivity index (χ2v) is 2.81. The van der Waals surface area contributed by atoms with E-state index in [1.165, 1.54) is 11.8 Å². The van der Waals surface area contributed by atoms with Crippen LogP contribution in [0, 0.1) is 0 Å². The number of carboxylic acid groups (broad SMARTS) is 1. The Kier molecular flexibility index (Phi) is 2.11. The number of aliphatic imine (C=N–C) groups is 1. The van der Waals surface area contributed by atoms with Crippen LogP contribution in [0.2, 0.25) is 0 Å². The molecular weight excluding hydrogens is 150 g/mol. The van der Waals surface area contributed by atoms with Crippen molar-refractivity contribution in [2.45, 2.75) is 6.92 Å². The van der Waals surface area contributed by atoms with Crippen molar-refractivity contribution in [3.8, 4) is 0 Å². The molecule has 1 aliphatic heterocycles. The third-order valence-electron chi connectivity index (χ3n) is 1.16. The second kappa shape index (κ2) is 2.88. The summed E-state index contributed by atoms with van der Waals surface area (Å²) >= 11 is 1.51. The Morgan fingerprint density at radius 2 is 2.60 bits per heavy atom. The summed E-state index contributed by atoms with van der Waals surface area (Å²) in [6.07, 6.45) is 0. The van der Waals surface area contributed by atoms with E-state index in [1.54, 1.807) is 12.5 Å². The molecule has 0 aromatic heterocycles. The maximum atomic E-state index is 10.4. The summed E-state index contributed by atoms with van der Waals surface area (Å²) in [6.45, 7) is 1.78. The van der Waals surface area contributed by atoms with Crippen LogP contribution in [0.15, 0.2) is 16.3 Å². The van der Waals surface area contributed by atoms with Gasteiger partial charge in [0.2, 0.25) is 0 Å². The van der Waals surface area contributed by atoms with Crippen molar-refractivity contribution in [2.75, 3.05) is 5.75 Å². The minimum atomic E-state index is -0.936. The Hall–Kier alpha value is -0.770. The number of thioether (sulfide) groups is 1. The molecule has 1 heterocycles. The Balaban J connectivity index is 2.90. The maximum Gasteiger partial charge on any atom is 0.354 e. The van der Waals surface area contributed by atoms with Crippen LogP contribution in [0.25, 0.3) is 0 Å². The van der Waals surface area contributed by atoms with Gasteiger partial charge in [0.15, 0.2) is 0 Å². The van der Waals surface area contributed by atoms with Crippen LogP contribution in [0.5, 0.6) is 0 Å². The monoisotopic (exact) mass is 157 g/mol. The molecule has 1 aliphatic rings. The molecule has 0 bridgehead atoms. The van der Waals surface area contributed by atoms with Gasteiger partial charge in [-0.3, -0.25) is 0 Å². The van der Waals surface area contributed by atoms with Crippen LogP contribution >= 0.6 is 11.8 Å². The van der Waals surface area contributed by atoms with Crippen LogP contribution in [0.3, 0.4) is 0 Å². The molecule has 0 aromatic rings. The molecule has 1 rings (SSSR count). The number of hydrogen-bond acceptors (Lipinski definition) is 3. The first kappa shape index (κ1) is 7.34. The molecule has 10 heavy (non-hydrogen) atoms. The molecule has 0 saturated carbocycles. The van der Waals surface area contributed by atoms with Gasteiger partial charge < -0.3 is 5.11 Å². The first-order valence-corrected chi connectivity index (χ1v) is 3.84. The zero-order chi connectivity index (χ0) is 7.56. The first-order valence-electron chi connectivity index (χ1n) is 2.79. The average molecular weight is 157 g/mol. The third kappa shape index (κ3) is 1.39. The molecule has 54 valence electrons. The van der Waals surface area contributed by atoms with Crippen LogP contribution < -0.4 is 0 Å². The fraction of sp³-hybridized carbons (Fsp3) is 0.333. The molecule has 0 aromatic carbocycles. The summed E-state index contributed by atoms with van der Waals surface area (Å²) in [5, 5.41) is 8.53. The van der Waals surface area contributed by atoms with E-state index in [9.17, 15) is 4.79 Å². The van der Waals surface area contributed by atoms with Crippen molar-refractivity contribution in [2.24, 2.45) is 4.99 Å². The lowest BCUT2D eigenvalue weighted by molar-refractivity contribution is -0.132. The van der Waals surface area contributed by atoms with Crippen LogP contribution in [-0.4, -0.2) is 22.4 Å². The number of carboxylic acids is 1. The Morgan fingerprint density at radius 3 is 3.00 bits per heavy atom. The summed E-state index contributed by atoms with van der Waals surface area (Å²) < 4.78 is 0. The van der Waals surface area contributed by atoms with Gasteiger partial charge in [0.05, 0.1) is 5.55 Å². The topological polar surface area (TPSA) is 49.7 Å². The van der Waals surface area contributed by atoms with E-state index in [1.807, 2.05) is 0 Å². The average Bonchev–Trinajstić information content (AvgIpc) is 1.88. The van der Waals surface area contributed by atoms with Crippen molar-refractivity contribution < 1.29 is 9.90 Å². The molecule has 4 heteroatoms. The van der Waals surface area contributed by atoms with E-state index in [2.05, 4.69) is 4.99 Å². The molecule has 0 radical (unpaired) electrons. The van der Waals surface area contributed by atoms with Gasteiger partial charge in [-0.05, 0) is 12.5 Å². The van der Waals surface area contributed by atoms with Gasteiger partial charge in [-0.2, -0.15) is 0 Å². The van der Waals surface area contributed by atoms with Gasteiger partial charge in [-0.25, -0.2) is 9.79 Å². The second-order valence-electron chi connectivity index (χ2n) is 1.98. The van der Waals surface area contributed by atoms with Crippen molar-refractivity contribution in [1.82, 2.24) is 0 Å². The molecule has 0 aliphatic carbocycles. The van der Waals surface area contributed by atoms with Crippen molar-refractivity contribution in [3.63, 3.8) is 0 Å². The molecule has 0 amide bonds. The van der Waals surface area contributed by atoms with E-state index in [4.69, 9.17) is 5.11 Å². The minimum absolute atomic E-state index is 0.193. The lowest BCUT2D eigenvalue weighted by atomic mass is 10.2. The highest BCUT2D eigenvalue weighted by molar-refractivity contribution is 8.12. The third-order valence-corrected chi connectivity index (χ3v) is 2.02. The fourth-order valence-corrected chi connectivity index (χ4v) is 1.31. The highest BCUT2D eigenvalue weighted by atomic mass is 32.2. The van der Waals surface area contributed by atoms with Crippen molar-refractivity contribution in [1.29, 1.82) is 0 Å². The smallest absolute Gasteiger partial charge is 0.354 e. The molecule has 0 saturated heterocycles. The number of carbonyl (C=O) groups is 1. The predicted molar refractivity (Wildman–Crippen MR) is 41.3 cm³/mol. The predicted octanol–water partition coefficient (Wildman–Crippen LogP) is 1.12. The number of hydrogen-bond donors (Lipinski definition) is 1. The number of rotatable bonds is 1. The molecule has 0 atom stereocenters. The Bertz CT molecular complexity index is 220. The van der Waals surface area contributed by atoms with E-state index in [0.717, 1.165) is 11.3 Å². The summed E-state index contributed by atoms with van der Waals surface area (Å²) in [4.78, 5) is 14.1. The summed E-state index contributed by atoms with van der Waals surface area (Å²) in [5.74, 6) is -0.195. The van der Waals surface area contributed by atoms with Gasteiger partial charge in [-0.15, -0.1) is 11.8 Å². The SMILES string of the molecule is CC1=C(C(=O)O)N=CSC1. The van der Waals surface area contributed by atoms with Crippen molar-refractivity contribution in [3.05, 3.63) is 11.3 Å². The van der Waals surface area contributed by atoms with Gasteiger partial charge in [0.1, 0.15) is 5.70 Å². The Labute approximate surface area is 62.8 Å². The first-order chi connectivity index (χ1) is 4.72. The molecule has 0 fully saturated rings. The molecule has 0 unspecified atom stereocenters. The van der Waals surface area contributed by atoms with Gasteiger partial charge in [0, 0.05) is 5.75 Å². The van der Waals surface area contributed by atoms with Crippen molar-refractivity contribution >= 4 is 23.3 Å². The normalized spacial score (nSPS) is 17.7. The van der Waals surface area contributed by atoms with E-state index < -0.39 is 5.97 Å². The molecule has 3 nitrogen and oxygen atoms in total. The highest BCUT2D eigenvalue weighted by Gasteiger charge is 2.11. The highest BCUT2D eigenvalue weighted by Crippen LogP contribution is 2.16. The zero-order valence-electron chi connectivity index (χ0n) is 5.50. The van der Waals surface area contributed by atoms with Gasteiger partial charge in [-0.1, -0.05) is 0 Å². The molecule has 1 N–H and O–H groups in total. The van der Waals surface area contributed by atoms with E-state index >= 15 is 0 Å². The number of nitrogens with zero attached hydrogens (tertiary/aromatic N) is 1. The molecule has 0 spiro atoms. The maximum absolute atomic E-state index is 10.4. The largest absolute Gasteiger partial charge is 0.477 e. The Morgan fingerprint density at radius 1 is 1.90 bits per heavy atom. The van der Waals surface area contributed by atoms with Gasteiger partial charge in [0.25, 0.3) is 0 Å². The van der Waals surface area contributed by atoms with E-state index in [-0.39, 0.29) is 5.70 Å². The summed E-state index contributed by atoms with van der Waals surface area (Å²) in [6, 6.07) is 0. The minimum Gasteiger partial charge on any atom is -0.477 e. The van der Waals surface area contributed by atoms with E-state index in [0.29, 0.717) is 0 Å². The van der Waals surface area contributed by atoms with Gasteiger partial charge >= 0.3 is 5.97 Å². The summed E-state index contributed by atoms with van der Waals surface area (Å²) in [5.41, 5.74) is 2.59. The quantitative estimate of drug-likeness (QED) is 0.620. The fourth-order valence-electron chi connectivity index (χ4n) is 0.669. The summed E-state index contributed by atoms with van der Waals surface area (Å²) in [7, 11) is 0. The lowest BCUT2D eigenvalue weighted by Gasteiger charge is -2.05. The standard InChI is InChI=1S/C6H7NO2S/c1-4-2-10-3-7-5(4)6(8)9/h3H,2H2,1H3,(H,8,9). The van der Waals surface area contributed by atoms with Crippen LogP contribution in [-0.2, 0) is 4.79 Å². The van der Waals surface area contributed by atoms with Crippen LogP contribution in [0.1, 0.15) is 6.92 Å². The lowest BCUT2D eigenvalue weighted by Crippen LogP contribution is -2.05. The number of aliphatic carboxylic acids is 1. The van der Waals surface area contributed by atoms with Crippen LogP contribution in [0.4, 0.5) is 0 Å².